The molecule has 0 spiro atoms. The molecule has 1 N–H and O–H groups in total. The number of aromatic carboxylic acids is 1. The highest BCUT2D eigenvalue weighted by molar-refractivity contribution is 7.07. The number of carbonyl (C=O) groups is 2. The second-order valence-electron chi connectivity index (χ2n) is 9.34. The maximum Gasteiger partial charge on any atom is 0.338 e. The Labute approximate surface area is 233 Å². The zero-order valence-electron chi connectivity index (χ0n) is 22.4. The SMILES string of the molecule is CCOC(=O)C1=C(C)N=c2s/c(=C\c3ccc(-c4ccccc4C(=O)O)o3)c(=O)n2C1c1ccc(N(C)C)cc1. The van der Waals surface area contributed by atoms with Crippen LogP contribution in [-0.4, -0.2) is 42.3 Å². The van der Waals surface area contributed by atoms with Gasteiger partial charge in [-0.05, 0) is 49.7 Å². The van der Waals surface area contributed by atoms with Crippen molar-refractivity contribution < 1.29 is 23.8 Å². The van der Waals surface area contributed by atoms with E-state index < -0.39 is 18.0 Å². The summed E-state index contributed by atoms with van der Waals surface area (Å²) in [7, 11) is 3.87. The quantitative estimate of drug-likeness (QED) is 0.344. The lowest BCUT2D eigenvalue weighted by Crippen LogP contribution is -2.39. The van der Waals surface area contributed by atoms with Crippen molar-refractivity contribution in [3.63, 3.8) is 0 Å². The number of thiazole rings is 1. The van der Waals surface area contributed by atoms with Gasteiger partial charge in [0, 0.05) is 31.4 Å². The van der Waals surface area contributed by atoms with E-state index in [0.29, 0.717) is 37.7 Å². The standard InChI is InChI=1S/C30H27N3O6S/c1-5-38-29(37)25-17(2)31-30-33(26(25)18-10-12-19(13-11-18)32(3)4)27(34)24(40-30)16-20-14-15-23(39-20)21-8-6-7-9-22(21)28(35)36/h6-16,26H,5H2,1-4H3,(H,35,36)/b24-16-. The van der Waals surface area contributed by atoms with E-state index in [-0.39, 0.29) is 17.7 Å². The fourth-order valence-electron chi connectivity index (χ4n) is 4.65. The van der Waals surface area contributed by atoms with Crippen molar-refractivity contribution >= 4 is 35.0 Å². The van der Waals surface area contributed by atoms with Gasteiger partial charge in [0.25, 0.3) is 5.56 Å². The fourth-order valence-corrected chi connectivity index (χ4v) is 5.68. The summed E-state index contributed by atoms with van der Waals surface area (Å²) in [6.45, 7) is 3.66. The van der Waals surface area contributed by atoms with Crippen molar-refractivity contribution in [3.05, 3.63) is 109 Å². The van der Waals surface area contributed by atoms with Crippen LogP contribution in [0, 0.1) is 0 Å². The number of nitrogens with zero attached hydrogens (tertiary/aromatic N) is 3. The van der Waals surface area contributed by atoms with E-state index in [1.165, 1.54) is 22.0 Å². The third-order valence-corrected chi connectivity index (χ3v) is 7.55. The number of hydrogen-bond donors (Lipinski definition) is 1. The monoisotopic (exact) mass is 557 g/mol. The number of carboxylic acid groups (broad SMARTS) is 1. The molecule has 1 aliphatic heterocycles. The number of rotatable bonds is 7. The molecule has 3 heterocycles. The maximum atomic E-state index is 13.8. The Morgan fingerprint density at radius 3 is 2.52 bits per heavy atom. The lowest BCUT2D eigenvalue weighted by atomic mass is 9.95. The first-order chi connectivity index (χ1) is 19.2. The number of esters is 1. The van der Waals surface area contributed by atoms with Crippen LogP contribution in [0.25, 0.3) is 17.4 Å². The van der Waals surface area contributed by atoms with Crippen molar-refractivity contribution in [2.45, 2.75) is 19.9 Å². The molecule has 0 saturated heterocycles. The number of carbonyl (C=O) groups excluding carboxylic acids is 1. The van der Waals surface area contributed by atoms with E-state index in [9.17, 15) is 19.5 Å². The average Bonchev–Trinajstić information content (AvgIpc) is 3.52. The summed E-state index contributed by atoms with van der Waals surface area (Å²) in [6.07, 6.45) is 1.60. The summed E-state index contributed by atoms with van der Waals surface area (Å²) in [6, 6.07) is 16.8. The van der Waals surface area contributed by atoms with Crippen molar-refractivity contribution in [2.24, 2.45) is 4.99 Å². The number of benzene rings is 2. The molecule has 0 radical (unpaired) electrons. The van der Waals surface area contributed by atoms with E-state index in [4.69, 9.17) is 9.15 Å². The number of hydrogen-bond acceptors (Lipinski definition) is 8. The van der Waals surface area contributed by atoms with Crippen LogP contribution in [0.5, 0.6) is 0 Å². The number of carboxylic acids is 1. The van der Waals surface area contributed by atoms with Crippen LogP contribution in [0.1, 0.15) is 41.6 Å². The normalized spacial score (nSPS) is 15.0. The molecule has 2 aromatic heterocycles. The van der Waals surface area contributed by atoms with Crippen molar-refractivity contribution in [3.8, 4) is 11.3 Å². The van der Waals surface area contributed by atoms with Gasteiger partial charge in [-0.3, -0.25) is 9.36 Å². The molecule has 1 atom stereocenters. The molecule has 0 saturated carbocycles. The largest absolute Gasteiger partial charge is 0.478 e. The second kappa shape index (κ2) is 10.8. The summed E-state index contributed by atoms with van der Waals surface area (Å²) in [4.78, 5) is 45.5. The summed E-state index contributed by atoms with van der Waals surface area (Å²) in [5, 5.41) is 9.53. The molecular weight excluding hydrogens is 530 g/mol. The Hall–Kier alpha value is -4.70. The van der Waals surface area contributed by atoms with Crippen LogP contribution < -0.4 is 19.8 Å². The molecule has 0 amide bonds. The number of aromatic nitrogens is 1. The molecule has 0 bridgehead atoms. The average molecular weight is 558 g/mol. The van der Waals surface area contributed by atoms with Gasteiger partial charge in [0.1, 0.15) is 11.5 Å². The molecular formula is C30H27N3O6S. The van der Waals surface area contributed by atoms with Crippen molar-refractivity contribution in [1.29, 1.82) is 0 Å². The minimum atomic E-state index is -1.06. The van der Waals surface area contributed by atoms with E-state index >= 15 is 0 Å². The Balaban J connectivity index is 1.63. The zero-order chi connectivity index (χ0) is 28.6. The predicted octanol–water partition coefficient (Wildman–Crippen LogP) is 3.82. The second-order valence-corrected chi connectivity index (χ2v) is 10.4. The number of fused-ring (bicyclic) bond motifs is 1. The van der Waals surface area contributed by atoms with Gasteiger partial charge in [-0.25, -0.2) is 14.6 Å². The van der Waals surface area contributed by atoms with Crippen LogP contribution in [0.4, 0.5) is 5.69 Å². The van der Waals surface area contributed by atoms with E-state index in [2.05, 4.69) is 4.99 Å². The molecule has 1 aliphatic rings. The highest BCUT2D eigenvalue weighted by Gasteiger charge is 2.33. The van der Waals surface area contributed by atoms with Gasteiger partial charge in [0.15, 0.2) is 4.80 Å². The summed E-state index contributed by atoms with van der Waals surface area (Å²) >= 11 is 1.19. The van der Waals surface area contributed by atoms with Gasteiger partial charge in [-0.2, -0.15) is 0 Å². The molecule has 40 heavy (non-hydrogen) atoms. The maximum absolute atomic E-state index is 13.8. The topological polar surface area (TPSA) is 114 Å². The number of furan rings is 1. The summed E-state index contributed by atoms with van der Waals surface area (Å²) < 4.78 is 13.2. The van der Waals surface area contributed by atoms with Crippen molar-refractivity contribution in [1.82, 2.24) is 4.57 Å². The van der Waals surface area contributed by atoms with Gasteiger partial charge in [0.05, 0.1) is 34.0 Å². The molecule has 0 fully saturated rings. The van der Waals surface area contributed by atoms with Crippen LogP contribution in [0.15, 0.2) is 86.1 Å². The van der Waals surface area contributed by atoms with E-state index in [1.807, 2.05) is 43.3 Å². The van der Waals surface area contributed by atoms with E-state index in [0.717, 1.165) is 11.3 Å². The smallest absolute Gasteiger partial charge is 0.338 e. The third kappa shape index (κ3) is 4.89. The van der Waals surface area contributed by atoms with Gasteiger partial charge < -0.3 is 19.2 Å². The first kappa shape index (κ1) is 26.9. The first-order valence-corrected chi connectivity index (χ1v) is 13.4. The Morgan fingerprint density at radius 1 is 1.12 bits per heavy atom. The number of allylic oxidation sites excluding steroid dienone is 1. The highest BCUT2D eigenvalue weighted by Crippen LogP contribution is 2.32. The molecule has 204 valence electrons. The Morgan fingerprint density at radius 2 is 1.85 bits per heavy atom. The minimum absolute atomic E-state index is 0.116. The molecule has 10 heteroatoms. The van der Waals surface area contributed by atoms with Gasteiger partial charge in [0.2, 0.25) is 0 Å². The molecule has 4 aromatic rings. The molecule has 2 aromatic carbocycles. The molecule has 9 nitrogen and oxygen atoms in total. The summed E-state index contributed by atoms with van der Waals surface area (Å²) in [5.74, 6) is -0.828. The minimum Gasteiger partial charge on any atom is -0.478 e. The van der Waals surface area contributed by atoms with Gasteiger partial charge in [-0.15, -0.1) is 0 Å². The number of anilines is 1. The number of ether oxygens (including phenoxy) is 1. The van der Waals surface area contributed by atoms with Crippen LogP contribution >= 0.6 is 11.3 Å². The molecule has 5 rings (SSSR count). The highest BCUT2D eigenvalue weighted by atomic mass is 32.1. The lowest BCUT2D eigenvalue weighted by molar-refractivity contribution is -0.139. The zero-order valence-corrected chi connectivity index (χ0v) is 23.2. The molecule has 1 unspecified atom stereocenters. The first-order valence-electron chi connectivity index (χ1n) is 12.6. The summed E-state index contributed by atoms with van der Waals surface area (Å²) in [5.41, 5.74) is 2.75. The van der Waals surface area contributed by atoms with Gasteiger partial charge >= 0.3 is 11.9 Å². The molecule has 0 aliphatic carbocycles. The van der Waals surface area contributed by atoms with Crippen molar-refractivity contribution in [2.75, 3.05) is 25.6 Å². The van der Waals surface area contributed by atoms with E-state index in [1.54, 1.807) is 50.3 Å². The predicted molar refractivity (Wildman–Crippen MR) is 152 cm³/mol. The Bertz CT molecular complexity index is 1830. The van der Waals surface area contributed by atoms with Gasteiger partial charge in [-0.1, -0.05) is 41.7 Å². The third-order valence-electron chi connectivity index (χ3n) is 6.57. The van der Waals surface area contributed by atoms with Crippen LogP contribution in [0.2, 0.25) is 0 Å². The Kier molecular flexibility index (Phi) is 7.27. The fraction of sp³-hybridized carbons (Fsp3) is 0.200. The van der Waals surface area contributed by atoms with Crippen LogP contribution in [-0.2, 0) is 9.53 Å². The van der Waals surface area contributed by atoms with Crippen LogP contribution in [0.3, 0.4) is 0 Å². The lowest BCUT2D eigenvalue weighted by Gasteiger charge is -2.25.